The summed E-state index contributed by atoms with van der Waals surface area (Å²) >= 11 is 1.87. The molecule has 0 aliphatic carbocycles. The Morgan fingerprint density at radius 3 is 2.44 bits per heavy atom. The van der Waals surface area contributed by atoms with E-state index in [0.29, 0.717) is 5.25 Å². The zero-order valence-electron chi connectivity index (χ0n) is 10.2. The summed E-state index contributed by atoms with van der Waals surface area (Å²) in [4.78, 5) is 0. The largest absolute Gasteiger partial charge is 0.392 e. The summed E-state index contributed by atoms with van der Waals surface area (Å²) in [5, 5.41) is 9.69. The van der Waals surface area contributed by atoms with E-state index in [-0.39, 0.29) is 6.10 Å². The van der Waals surface area contributed by atoms with Crippen LogP contribution in [0.2, 0.25) is 0 Å². The van der Waals surface area contributed by atoms with Gasteiger partial charge in [-0.05, 0) is 37.5 Å². The smallest absolute Gasteiger partial charge is 0.0627 e. The van der Waals surface area contributed by atoms with Crippen LogP contribution in [0.4, 0.5) is 0 Å². The van der Waals surface area contributed by atoms with Crippen molar-refractivity contribution in [2.45, 2.75) is 44.5 Å². The van der Waals surface area contributed by atoms with E-state index in [0.717, 1.165) is 5.75 Å². The number of hydrogen-bond donors (Lipinski definition) is 1. The first-order valence-electron chi connectivity index (χ1n) is 6.03. The van der Waals surface area contributed by atoms with E-state index in [4.69, 9.17) is 0 Å². The van der Waals surface area contributed by atoms with Gasteiger partial charge in [-0.3, -0.25) is 0 Å². The van der Waals surface area contributed by atoms with Crippen molar-refractivity contribution in [3.8, 4) is 0 Å². The second-order valence-electron chi connectivity index (χ2n) is 4.26. The highest BCUT2D eigenvalue weighted by atomic mass is 32.2. The topological polar surface area (TPSA) is 20.2 Å². The summed E-state index contributed by atoms with van der Waals surface area (Å²) < 4.78 is 0. The zero-order valence-corrected chi connectivity index (χ0v) is 11.0. The van der Waals surface area contributed by atoms with Gasteiger partial charge < -0.3 is 5.11 Å². The lowest BCUT2D eigenvalue weighted by molar-refractivity contribution is 0.196. The Hall–Kier alpha value is -0.470. The Kier molecular flexibility index (Phi) is 6.58. The molecule has 1 rings (SSSR count). The third-order valence-corrected chi connectivity index (χ3v) is 4.21. The van der Waals surface area contributed by atoms with E-state index >= 15 is 0 Å². The Morgan fingerprint density at radius 2 is 1.81 bits per heavy atom. The third-order valence-electron chi connectivity index (χ3n) is 2.76. The molecule has 1 aromatic rings. The minimum absolute atomic E-state index is 0.195. The Labute approximate surface area is 103 Å². The molecule has 2 atom stereocenters. The minimum Gasteiger partial charge on any atom is -0.392 e. The van der Waals surface area contributed by atoms with Crippen LogP contribution in [0.1, 0.15) is 32.3 Å². The predicted octanol–water partition coefficient (Wildman–Crippen LogP) is 3.51. The van der Waals surface area contributed by atoms with Crippen molar-refractivity contribution in [3.63, 3.8) is 0 Å². The first-order valence-corrected chi connectivity index (χ1v) is 7.08. The molecule has 0 radical (unpaired) electrons. The Balaban J connectivity index is 2.04. The lowest BCUT2D eigenvalue weighted by Gasteiger charge is -2.13. The van der Waals surface area contributed by atoms with Gasteiger partial charge in [-0.1, -0.05) is 37.3 Å². The molecule has 0 fully saturated rings. The summed E-state index contributed by atoms with van der Waals surface area (Å²) in [5.41, 5.74) is 1.43. The van der Waals surface area contributed by atoms with Gasteiger partial charge in [-0.2, -0.15) is 11.8 Å². The van der Waals surface area contributed by atoms with Crippen LogP contribution >= 0.6 is 11.8 Å². The van der Waals surface area contributed by atoms with Crippen LogP contribution in [-0.2, 0) is 6.42 Å². The molecule has 0 aliphatic rings. The minimum atomic E-state index is -0.195. The standard InChI is InChI=1S/C14H22OS/c1-12(15)13(2)16-11-7-6-10-14-8-4-3-5-9-14/h3-5,8-9,12-13,15H,6-7,10-11H2,1-2H3. The number of aliphatic hydroxyl groups excluding tert-OH is 1. The molecule has 0 saturated heterocycles. The molecule has 0 aliphatic heterocycles. The molecule has 2 heteroatoms. The van der Waals surface area contributed by atoms with Gasteiger partial charge in [-0.25, -0.2) is 0 Å². The molecule has 16 heavy (non-hydrogen) atoms. The van der Waals surface area contributed by atoms with Crippen LogP contribution in [0.25, 0.3) is 0 Å². The van der Waals surface area contributed by atoms with Gasteiger partial charge in [0.2, 0.25) is 0 Å². The quantitative estimate of drug-likeness (QED) is 0.734. The van der Waals surface area contributed by atoms with Gasteiger partial charge in [0.1, 0.15) is 0 Å². The molecular weight excluding hydrogens is 216 g/mol. The highest BCUT2D eigenvalue weighted by Gasteiger charge is 2.07. The number of unbranched alkanes of at least 4 members (excludes halogenated alkanes) is 1. The van der Waals surface area contributed by atoms with Gasteiger partial charge in [-0.15, -0.1) is 0 Å². The molecule has 1 aromatic carbocycles. The molecular formula is C14H22OS. The highest BCUT2D eigenvalue weighted by molar-refractivity contribution is 7.99. The van der Waals surface area contributed by atoms with E-state index in [1.807, 2.05) is 18.7 Å². The fourth-order valence-electron chi connectivity index (χ4n) is 1.48. The van der Waals surface area contributed by atoms with E-state index in [1.54, 1.807) is 0 Å². The van der Waals surface area contributed by atoms with E-state index in [9.17, 15) is 5.11 Å². The van der Waals surface area contributed by atoms with Crippen LogP contribution in [0.5, 0.6) is 0 Å². The number of hydrogen-bond acceptors (Lipinski definition) is 2. The molecule has 0 heterocycles. The normalized spacial score (nSPS) is 14.7. The summed E-state index contributed by atoms with van der Waals surface area (Å²) in [5.74, 6) is 1.15. The van der Waals surface area contributed by atoms with E-state index in [2.05, 4.69) is 37.3 Å². The lowest BCUT2D eigenvalue weighted by atomic mass is 10.1. The molecule has 0 spiro atoms. The molecule has 2 unspecified atom stereocenters. The number of benzene rings is 1. The second kappa shape index (κ2) is 7.75. The average Bonchev–Trinajstić information content (AvgIpc) is 2.29. The molecule has 0 bridgehead atoms. The summed E-state index contributed by atoms with van der Waals surface area (Å²) in [6.45, 7) is 3.95. The monoisotopic (exact) mass is 238 g/mol. The van der Waals surface area contributed by atoms with Crippen molar-refractivity contribution in [2.24, 2.45) is 0 Å². The predicted molar refractivity (Wildman–Crippen MR) is 73.0 cm³/mol. The summed E-state index contributed by atoms with van der Waals surface area (Å²) in [6, 6.07) is 10.6. The molecule has 0 saturated carbocycles. The van der Waals surface area contributed by atoms with Crippen LogP contribution in [0.3, 0.4) is 0 Å². The van der Waals surface area contributed by atoms with Crippen molar-refractivity contribution in [3.05, 3.63) is 35.9 Å². The van der Waals surface area contributed by atoms with Crippen LogP contribution in [-0.4, -0.2) is 22.2 Å². The molecule has 1 nitrogen and oxygen atoms in total. The fourth-order valence-corrected chi connectivity index (χ4v) is 2.51. The van der Waals surface area contributed by atoms with Crippen molar-refractivity contribution in [1.82, 2.24) is 0 Å². The fraction of sp³-hybridized carbons (Fsp3) is 0.571. The zero-order chi connectivity index (χ0) is 11.8. The number of aryl methyl sites for hydroxylation is 1. The number of aliphatic hydroxyl groups is 1. The van der Waals surface area contributed by atoms with E-state index < -0.39 is 0 Å². The van der Waals surface area contributed by atoms with Gasteiger partial charge in [0.05, 0.1) is 6.10 Å². The molecule has 0 aromatic heterocycles. The van der Waals surface area contributed by atoms with Crippen LogP contribution in [0, 0.1) is 0 Å². The maximum Gasteiger partial charge on any atom is 0.0627 e. The average molecular weight is 238 g/mol. The summed E-state index contributed by atoms with van der Waals surface area (Å²) in [7, 11) is 0. The maximum absolute atomic E-state index is 9.33. The lowest BCUT2D eigenvalue weighted by Crippen LogP contribution is -2.15. The third kappa shape index (κ3) is 5.57. The van der Waals surface area contributed by atoms with Crippen molar-refractivity contribution >= 4 is 11.8 Å². The van der Waals surface area contributed by atoms with Crippen LogP contribution in [0.15, 0.2) is 30.3 Å². The van der Waals surface area contributed by atoms with Crippen LogP contribution < -0.4 is 0 Å². The SMILES string of the molecule is CC(O)C(C)SCCCCc1ccccc1. The van der Waals surface area contributed by atoms with Gasteiger partial charge >= 0.3 is 0 Å². The number of rotatable bonds is 7. The Bertz CT molecular complexity index is 271. The second-order valence-corrected chi connectivity index (χ2v) is 5.74. The summed E-state index contributed by atoms with van der Waals surface area (Å²) in [6.07, 6.45) is 3.45. The van der Waals surface area contributed by atoms with Gasteiger partial charge in [0.15, 0.2) is 0 Å². The van der Waals surface area contributed by atoms with Crippen molar-refractivity contribution < 1.29 is 5.11 Å². The van der Waals surface area contributed by atoms with E-state index in [1.165, 1.54) is 24.8 Å². The maximum atomic E-state index is 9.33. The highest BCUT2D eigenvalue weighted by Crippen LogP contribution is 2.16. The van der Waals surface area contributed by atoms with Gasteiger partial charge in [0, 0.05) is 5.25 Å². The first-order chi connectivity index (χ1) is 7.70. The Morgan fingerprint density at radius 1 is 1.12 bits per heavy atom. The molecule has 0 amide bonds. The first kappa shape index (κ1) is 13.6. The van der Waals surface area contributed by atoms with Crippen molar-refractivity contribution in [1.29, 1.82) is 0 Å². The van der Waals surface area contributed by atoms with Gasteiger partial charge in [0.25, 0.3) is 0 Å². The number of thioether (sulfide) groups is 1. The molecule has 1 N–H and O–H groups in total. The van der Waals surface area contributed by atoms with Crippen molar-refractivity contribution in [2.75, 3.05) is 5.75 Å². The molecule has 90 valence electrons.